The maximum absolute atomic E-state index is 11.7. The maximum atomic E-state index is 11.7. The highest BCUT2D eigenvalue weighted by Gasteiger charge is 2.51. The van der Waals surface area contributed by atoms with Gasteiger partial charge in [-0.1, -0.05) is 30.3 Å². The fourth-order valence-corrected chi connectivity index (χ4v) is 4.82. The molecule has 1 saturated heterocycles. The molecule has 2 fully saturated rings. The second-order valence-electron chi connectivity index (χ2n) is 7.64. The molecule has 1 N–H and O–H groups in total. The molecule has 0 radical (unpaired) electrons. The van der Waals surface area contributed by atoms with Crippen LogP contribution in [0, 0.1) is 11.8 Å². The van der Waals surface area contributed by atoms with Crippen LogP contribution < -0.4 is 9.47 Å². The van der Waals surface area contributed by atoms with Crippen molar-refractivity contribution in [1.29, 1.82) is 0 Å². The number of ether oxygens (including phenoxy) is 2. The van der Waals surface area contributed by atoms with Gasteiger partial charge >= 0.3 is 6.01 Å². The molecule has 27 heavy (non-hydrogen) atoms. The summed E-state index contributed by atoms with van der Waals surface area (Å²) in [4.78, 5) is 11.0. The zero-order valence-electron chi connectivity index (χ0n) is 16.0. The van der Waals surface area contributed by atoms with Crippen LogP contribution in [0.2, 0.25) is 0 Å². The molecule has 3 atom stereocenters. The monoisotopic (exact) mass is 369 g/mol. The molecule has 0 spiro atoms. The molecule has 1 aliphatic heterocycles. The van der Waals surface area contributed by atoms with Gasteiger partial charge in [-0.25, -0.2) is 4.98 Å². The lowest BCUT2D eigenvalue weighted by Crippen LogP contribution is -2.43. The summed E-state index contributed by atoms with van der Waals surface area (Å²) < 4.78 is 10.6. The number of methoxy groups -OCH3 is 2. The Balaban J connectivity index is 1.60. The maximum Gasteiger partial charge on any atom is 0.319 e. The van der Waals surface area contributed by atoms with E-state index in [-0.39, 0.29) is 11.9 Å². The number of likely N-dealkylation sites (tertiary alicyclic amines) is 1. The number of nitrogens with zero attached hydrogens (tertiary/aromatic N) is 3. The second-order valence-corrected chi connectivity index (χ2v) is 7.64. The van der Waals surface area contributed by atoms with Gasteiger partial charge in [-0.2, -0.15) is 4.98 Å². The Hall–Kier alpha value is -2.18. The van der Waals surface area contributed by atoms with E-state index in [1.54, 1.807) is 13.3 Å². The highest BCUT2D eigenvalue weighted by molar-refractivity contribution is 5.33. The molecule has 0 bridgehead atoms. The molecule has 6 heteroatoms. The predicted octanol–water partition coefficient (Wildman–Crippen LogP) is 2.61. The van der Waals surface area contributed by atoms with Crippen molar-refractivity contribution >= 4 is 0 Å². The van der Waals surface area contributed by atoms with E-state index in [9.17, 15) is 5.11 Å². The first-order valence-corrected chi connectivity index (χ1v) is 9.58. The second kappa shape index (κ2) is 7.44. The van der Waals surface area contributed by atoms with E-state index in [1.165, 1.54) is 12.7 Å². The third-order valence-corrected chi connectivity index (χ3v) is 6.09. The number of aliphatic hydroxyl groups is 1. The van der Waals surface area contributed by atoms with Crippen molar-refractivity contribution in [3.63, 3.8) is 0 Å². The van der Waals surface area contributed by atoms with Crippen LogP contribution in [0.4, 0.5) is 0 Å². The number of rotatable bonds is 5. The fourth-order valence-electron chi connectivity index (χ4n) is 4.82. The predicted molar refractivity (Wildman–Crippen MR) is 102 cm³/mol. The fraction of sp³-hybridized carbons (Fsp3) is 0.524. The molecule has 2 aromatic rings. The summed E-state index contributed by atoms with van der Waals surface area (Å²) >= 11 is 0. The van der Waals surface area contributed by atoms with Crippen LogP contribution in [0.1, 0.15) is 30.4 Å². The van der Waals surface area contributed by atoms with Gasteiger partial charge < -0.3 is 14.6 Å². The van der Waals surface area contributed by atoms with Gasteiger partial charge in [-0.15, -0.1) is 0 Å². The van der Waals surface area contributed by atoms with E-state index >= 15 is 0 Å². The molecular weight excluding hydrogens is 342 g/mol. The third kappa shape index (κ3) is 3.39. The van der Waals surface area contributed by atoms with Gasteiger partial charge in [0.05, 0.1) is 19.8 Å². The Morgan fingerprint density at radius 2 is 2.00 bits per heavy atom. The highest BCUT2D eigenvalue weighted by Crippen LogP contribution is 2.50. The van der Waals surface area contributed by atoms with Gasteiger partial charge in [0.15, 0.2) is 0 Å². The first-order chi connectivity index (χ1) is 13.1. The summed E-state index contributed by atoms with van der Waals surface area (Å²) in [6.45, 7) is 2.80. The number of hydrogen-bond acceptors (Lipinski definition) is 6. The molecule has 6 nitrogen and oxygen atoms in total. The van der Waals surface area contributed by atoms with Gasteiger partial charge in [0.1, 0.15) is 5.60 Å². The van der Waals surface area contributed by atoms with Crippen LogP contribution in [0.25, 0.3) is 0 Å². The Labute approximate surface area is 160 Å². The first kappa shape index (κ1) is 18.2. The molecule has 2 heterocycles. The quantitative estimate of drug-likeness (QED) is 0.874. The summed E-state index contributed by atoms with van der Waals surface area (Å²) in [5, 5.41) is 11.7. The smallest absolute Gasteiger partial charge is 0.319 e. The van der Waals surface area contributed by atoms with E-state index in [0.29, 0.717) is 23.8 Å². The molecule has 1 saturated carbocycles. The SMILES string of the molecule is COc1ncc([C@@]2(O)CCC[C@H]3CN(Cc4ccccc4)C[C@@H]32)c(OC)n1. The standard InChI is InChI=1S/C21H27N3O3/c1-26-19-17(11-22-20(23-19)27-2)21(25)10-6-9-16-13-24(14-18(16)21)12-15-7-4-3-5-8-15/h3-5,7-8,11,16,18,25H,6,9-10,12-14H2,1-2H3/t16-,18-,21-/m0/s1. The minimum absolute atomic E-state index is 0.154. The molecule has 1 aliphatic carbocycles. The Morgan fingerprint density at radius 3 is 2.74 bits per heavy atom. The summed E-state index contributed by atoms with van der Waals surface area (Å²) in [6, 6.07) is 10.8. The Kier molecular flexibility index (Phi) is 5.02. The van der Waals surface area contributed by atoms with Crippen molar-refractivity contribution in [1.82, 2.24) is 14.9 Å². The van der Waals surface area contributed by atoms with E-state index in [2.05, 4.69) is 39.1 Å². The Bertz CT molecular complexity index is 785. The van der Waals surface area contributed by atoms with Crippen molar-refractivity contribution in [3.05, 3.63) is 47.7 Å². The number of benzene rings is 1. The first-order valence-electron chi connectivity index (χ1n) is 9.58. The molecule has 2 aliphatic rings. The van der Waals surface area contributed by atoms with Gasteiger partial charge in [0.2, 0.25) is 5.88 Å². The average molecular weight is 369 g/mol. The van der Waals surface area contributed by atoms with Crippen molar-refractivity contribution in [2.45, 2.75) is 31.4 Å². The topological polar surface area (TPSA) is 67.7 Å². The molecular formula is C21H27N3O3. The van der Waals surface area contributed by atoms with Gasteiger partial charge in [0, 0.05) is 31.7 Å². The molecule has 1 aromatic heterocycles. The zero-order valence-corrected chi connectivity index (χ0v) is 16.0. The minimum atomic E-state index is -0.966. The van der Waals surface area contributed by atoms with Crippen molar-refractivity contribution in [3.8, 4) is 11.9 Å². The van der Waals surface area contributed by atoms with Gasteiger partial charge in [0.25, 0.3) is 0 Å². The Morgan fingerprint density at radius 1 is 1.19 bits per heavy atom. The van der Waals surface area contributed by atoms with E-state index < -0.39 is 5.60 Å². The van der Waals surface area contributed by atoms with Crippen LogP contribution >= 0.6 is 0 Å². The molecule has 1 aromatic carbocycles. The number of aromatic nitrogens is 2. The van der Waals surface area contributed by atoms with Gasteiger partial charge in [-0.05, 0) is 30.7 Å². The van der Waals surface area contributed by atoms with Crippen molar-refractivity contribution < 1.29 is 14.6 Å². The molecule has 0 amide bonds. The lowest BCUT2D eigenvalue weighted by atomic mass is 9.68. The zero-order chi connectivity index (χ0) is 18.9. The summed E-state index contributed by atoms with van der Waals surface area (Å²) in [7, 11) is 3.10. The molecule has 0 unspecified atom stereocenters. The van der Waals surface area contributed by atoms with E-state index in [1.807, 2.05) is 6.07 Å². The van der Waals surface area contributed by atoms with Crippen molar-refractivity contribution in [2.24, 2.45) is 11.8 Å². The van der Waals surface area contributed by atoms with Crippen molar-refractivity contribution in [2.75, 3.05) is 27.3 Å². The third-order valence-electron chi connectivity index (χ3n) is 6.09. The summed E-state index contributed by atoms with van der Waals surface area (Å²) in [5.74, 6) is 1.03. The van der Waals surface area contributed by atoms with Gasteiger partial charge in [-0.3, -0.25) is 4.90 Å². The van der Waals surface area contributed by atoms with E-state index in [4.69, 9.17) is 9.47 Å². The summed E-state index contributed by atoms with van der Waals surface area (Å²) in [6.07, 6.45) is 4.52. The minimum Gasteiger partial charge on any atom is -0.481 e. The van der Waals surface area contributed by atoms with E-state index in [0.717, 1.165) is 32.5 Å². The number of fused-ring (bicyclic) bond motifs is 1. The average Bonchev–Trinajstić information content (AvgIpc) is 3.12. The van der Waals surface area contributed by atoms with Crippen LogP contribution in [0.15, 0.2) is 36.5 Å². The molecule has 4 rings (SSSR count). The van der Waals surface area contributed by atoms with Crippen LogP contribution in [-0.2, 0) is 12.1 Å². The van der Waals surface area contributed by atoms with Crippen LogP contribution in [0.3, 0.4) is 0 Å². The largest absolute Gasteiger partial charge is 0.481 e. The van der Waals surface area contributed by atoms with Crippen LogP contribution in [-0.4, -0.2) is 47.3 Å². The molecule has 144 valence electrons. The lowest BCUT2D eigenvalue weighted by Gasteiger charge is -2.41. The van der Waals surface area contributed by atoms with Crippen LogP contribution in [0.5, 0.6) is 11.9 Å². The highest BCUT2D eigenvalue weighted by atomic mass is 16.5. The number of hydrogen-bond donors (Lipinski definition) is 1. The lowest BCUT2D eigenvalue weighted by molar-refractivity contribution is -0.0669. The summed E-state index contributed by atoms with van der Waals surface area (Å²) in [5.41, 5.74) is 1.03. The normalized spacial score (nSPS) is 28.0.